The molecule has 1 saturated heterocycles. The van der Waals surface area contributed by atoms with Gasteiger partial charge in [-0.1, -0.05) is 30.7 Å². The zero-order chi connectivity index (χ0) is 30.1. The molecule has 1 aliphatic carbocycles. The summed E-state index contributed by atoms with van der Waals surface area (Å²) >= 11 is 6.36. The summed E-state index contributed by atoms with van der Waals surface area (Å²) in [6, 6.07) is 11.6. The molecule has 1 fully saturated rings. The van der Waals surface area contributed by atoms with Gasteiger partial charge in [-0.05, 0) is 106 Å². The van der Waals surface area contributed by atoms with Gasteiger partial charge in [0.2, 0.25) is 10.0 Å². The van der Waals surface area contributed by atoms with E-state index in [-0.39, 0.29) is 29.1 Å². The molecule has 4 atom stereocenters. The van der Waals surface area contributed by atoms with Crippen LogP contribution in [-0.2, 0) is 21.9 Å². The lowest BCUT2D eigenvalue weighted by Gasteiger charge is -2.41. The number of benzene rings is 2. The van der Waals surface area contributed by atoms with Crippen molar-refractivity contribution in [3.8, 4) is 5.75 Å². The third kappa shape index (κ3) is 6.63. The number of nitrogens with zero attached hydrogens (tertiary/aromatic N) is 1. The van der Waals surface area contributed by atoms with Crippen LogP contribution in [0.4, 0.5) is 10.1 Å². The largest absolute Gasteiger partial charge is 0.490 e. The summed E-state index contributed by atoms with van der Waals surface area (Å²) in [5.41, 5.74) is 3.32. The number of sulfonamides is 1. The molecule has 0 aromatic heterocycles. The van der Waals surface area contributed by atoms with Crippen molar-refractivity contribution >= 4 is 33.2 Å². The highest BCUT2D eigenvalue weighted by Crippen LogP contribution is 2.44. The average molecular weight is 618 g/mol. The molecule has 0 bridgehead atoms. The number of carbonyl (C=O) groups excluding carboxylic acids is 1. The van der Waals surface area contributed by atoms with Crippen molar-refractivity contribution in [3.05, 3.63) is 70.0 Å². The number of anilines is 1. The van der Waals surface area contributed by atoms with Crippen molar-refractivity contribution in [3.63, 3.8) is 0 Å². The highest BCUT2D eigenvalue weighted by atomic mass is 35.5. The van der Waals surface area contributed by atoms with Gasteiger partial charge in [0.05, 0.1) is 23.4 Å². The summed E-state index contributed by atoms with van der Waals surface area (Å²) < 4.78 is 48.1. The van der Waals surface area contributed by atoms with E-state index in [1.165, 1.54) is 31.1 Å². The molecule has 0 radical (unpaired) electrons. The average Bonchev–Trinajstić information content (AvgIpc) is 3.41. The summed E-state index contributed by atoms with van der Waals surface area (Å²) in [6.07, 6.45) is 6.80. The molecule has 0 unspecified atom stereocenters. The lowest BCUT2D eigenvalue weighted by atomic mass is 9.70. The Morgan fingerprint density at radius 2 is 2.07 bits per heavy atom. The van der Waals surface area contributed by atoms with E-state index in [1.807, 2.05) is 6.07 Å². The highest BCUT2D eigenvalue weighted by molar-refractivity contribution is 7.90. The van der Waals surface area contributed by atoms with Crippen molar-refractivity contribution in [2.45, 2.75) is 76.0 Å². The molecule has 2 N–H and O–H groups in total. The van der Waals surface area contributed by atoms with E-state index >= 15 is 0 Å². The van der Waals surface area contributed by atoms with Gasteiger partial charge in [0.1, 0.15) is 5.75 Å². The smallest absolute Gasteiger partial charge is 0.264 e. The van der Waals surface area contributed by atoms with Crippen LogP contribution >= 0.6 is 11.6 Å². The topological polar surface area (TPSA) is 87.7 Å². The zero-order valence-corrected chi connectivity index (χ0v) is 26.2. The van der Waals surface area contributed by atoms with Gasteiger partial charge >= 0.3 is 0 Å². The van der Waals surface area contributed by atoms with Crippen LogP contribution in [0.25, 0.3) is 0 Å². The third-order valence-electron chi connectivity index (χ3n) is 9.20. The van der Waals surface area contributed by atoms with E-state index < -0.39 is 21.2 Å². The molecular weight excluding hydrogens is 577 g/mol. The molecule has 0 saturated carbocycles. The van der Waals surface area contributed by atoms with Crippen LogP contribution in [0.2, 0.25) is 5.02 Å². The molecule has 10 heteroatoms. The Labute approximate surface area is 253 Å². The summed E-state index contributed by atoms with van der Waals surface area (Å²) in [7, 11) is -3.99. The Kier molecular flexibility index (Phi) is 9.21. The van der Waals surface area contributed by atoms with Crippen molar-refractivity contribution in [1.29, 1.82) is 0 Å². The second kappa shape index (κ2) is 12.5. The lowest BCUT2D eigenvalue weighted by molar-refractivity contribution is 0.0981. The van der Waals surface area contributed by atoms with Gasteiger partial charge in [-0.2, -0.15) is 0 Å². The van der Waals surface area contributed by atoms with Crippen molar-refractivity contribution in [2.75, 3.05) is 31.1 Å². The van der Waals surface area contributed by atoms with E-state index in [4.69, 9.17) is 16.3 Å². The minimum atomic E-state index is -3.99. The molecule has 2 aromatic carbocycles. The maximum absolute atomic E-state index is 13.3. The van der Waals surface area contributed by atoms with Crippen LogP contribution in [0.15, 0.2) is 48.3 Å². The number of rotatable bonds is 8. The predicted molar refractivity (Wildman–Crippen MR) is 166 cm³/mol. The molecule has 1 amide bonds. The molecule has 3 aliphatic rings. The summed E-state index contributed by atoms with van der Waals surface area (Å²) in [6.45, 7) is 7.55. The number of carbonyl (C=O) groups is 1. The van der Waals surface area contributed by atoms with Crippen LogP contribution in [0.3, 0.4) is 0 Å². The van der Waals surface area contributed by atoms with Crippen LogP contribution in [0.5, 0.6) is 5.75 Å². The lowest BCUT2D eigenvalue weighted by Crippen LogP contribution is -2.48. The number of hydrogen-bond acceptors (Lipinski definition) is 6. The van der Waals surface area contributed by atoms with E-state index in [0.29, 0.717) is 24.9 Å². The van der Waals surface area contributed by atoms with Crippen molar-refractivity contribution < 1.29 is 22.3 Å². The minimum absolute atomic E-state index is 0.237. The Morgan fingerprint density at radius 3 is 2.81 bits per heavy atom. The Morgan fingerprint density at radius 1 is 1.26 bits per heavy atom. The standard InChI is InChI=1S/C32H41ClFN3O4S/c1-21(8-9-22(2)34)23(3)42(39,40)36-31(38)25-10-13-30-29(17-25)37(18-27-7-5-15-35-27)19-32(20-41-30)14-4-6-24-16-26(33)11-12-28(24)32/h9-13,16-17,21,23,27,35H,4-8,14-15,18-20H2,1-3H3,(H,36,38)/b22-9-/t21-,23+,27+,32+/m1/s1. The van der Waals surface area contributed by atoms with Gasteiger partial charge in [0.15, 0.2) is 0 Å². The van der Waals surface area contributed by atoms with Gasteiger partial charge in [-0.15, -0.1) is 0 Å². The zero-order valence-electron chi connectivity index (χ0n) is 24.6. The number of amides is 1. The van der Waals surface area contributed by atoms with Crippen LogP contribution in [0, 0.1) is 5.92 Å². The van der Waals surface area contributed by atoms with E-state index in [2.05, 4.69) is 27.1 Å². The normalized spacial score (nSPS) is 23.9. The van der Waals surface area contributed by atoms with Gasteiger partial charge in [0.25, 0.3) is 5.91 Å². The molecular formula is C32H41ClFN3O4S. The first-order valence-electron chi connectivity index (χ1n) is 14.9. The quantitative estimate of drug-likeness (QED) is 0.383. The molecule has 2 aliphatic heterocycles. The number of hydrogen-bond donors (Lipinski definition) is 2. The number of allylic oxidation sites excluding steroid dienone is 2. The molecule has 2 heterocycles. The van der Waals surface area contributed by atoms with Gasteiger partial charge in [0, 0.05) is 35.1 Å². The maximum Gasteiger partial charge on any atom is 0.264 e. The van der Waals surface area contributed by atoms with E-state index in [1.54, 1.807) is 25.1 Å². The van der Waals surface area contributed by atoms with E-state index in [0.717, 1.165) is 55.9 Å². The summed E-state index contributed by atoms with van der Waals surface area (Å²) in [5.74, 6) is -0.743. The molecule has 2 aromatic rings. The SMILES string of the molecule is C/C(F)=C/C[C@@H](C)[C@H](C)S(=O)(=O)NC(=O)c1ccc2c(c1)N(C[C@@H]1CCCN1)C[C@@]1(CCCc3cc(Cl)ccc31)CO2. The number of aryl methyl sites for hydroxylation is 1. The van der Waals surface area contributed by atoms with Gasteiger partial charge in [-0.3, -0.25) is 4.79 Å². The Hall–Kier alpha value is -2.62. The van der Waals surface area contributed by atoms with Crippen molar-refractivity contribution in [1.82, 2.24) is 10.0 Å². The first-order chi connectivity index (χ1) is 20.0. The number of fused-ring (bicyclic) bond motifs is 3. The van der Waals surface area contributed by atoms with Crippen LogP contribution in [-0.4, -0.2) is 51.9 Å². The fraction of sp³-hybridized carbons (Fsp3) is 0.531. The molecule has 228 valence electrons. The monoisotopic (exact) mass is 617 g/mol. The fourth-order valence-corrected chi connectivity index (χ4v) is 8.04. The molecule has 1 spiro atoms. The number of halogens is 2. The highest BCUT2D eigenvalue weighted by Gasteiger charge is 2.42. The van der Waals surface area contributed by atoms with Crippen molar-refractivity contribution in [2.24, 2.45) is 5.92 Å². The summed E-state index contributed by atoms with van der Waals surface area (Å²) in [4.78, 5) is 15.6. The first kappa shape index (κ1) is 30.8. The second-order valence-electron chi connectivity index (χ2n) is 12.3. The number of nitrogens with one attached hydrogen (secondary N) is 2. The molecule has 7 nitrogen and oxygen atoms in total. The minimum Gasteiger partial charge on any atom is -0.490 e. The van der Waals surface area contributed by atoms with Crippen LogP contribution < -0.4 is 19.7 Å². The summed E-state index contributed by atoms with van der Waals surface area (Å²) in [5, 5.41) is 3.45. The van der Waals surface area contributed by atoms with Gasteiger partial charge in [-0.25, -0.2) is 17.5 Å². The second-order valence-corrected chi connectivity index (χ2v) is 14.7. The van der Waals surface area contributed by atoms with Gasteiger partial charge < -0.3 is 15.0 Å². The maximum atomic E-state index is 13.3. The Bertz CT molecular complexity index is 1460. The van der Waals surface area contributed by atoms with Crippen LogP contribution in [0.1, 0.15) is 74.4 Å². The Balaban J connectivity index is 1.43. The first-order valence-corrected chi connectivity index (χ1v) is 16.8. The molecule has 42 heavy (non-hydrogen) atoms. The molecule has 5 rings (SSSR count). The van der Waals surface area contributed by atoms with E-state index in [9.17, 15) is 17.6 Å². The fourth-order valence-electron chi connectivity index (χ4n) is 6.56. The number of ether oxygens (including phenoxy) is 1. The predicted octanol–water partition coefficient (Wildman–Crippen LogP) is 5.91. The third-order valence-corrected chi connectivity index (χ3v) is 11.3.